The van der Waals surface area contributed by atoms with Gasteiger partial charge in [-0.2, -0.15) is 4.98 Å². The molecule has 4 rings (SSSR count). The van der Waals surface area contributed by atoms with Crippen molar-refractivity contribution in [3.8, 4) is 22.9 Å². The van der Waals surface area contributed by atoms with Gasteiger partial charge in [0.2, 0.25) is 17.6 Å². The fraction of sp³-hybridized carbons (Fsp3) is 0.286. The van der Waals surface area contributed by atoms with E-state index >= 15 is 0 Å². The zero-order chi connectivity index (χ0) is 20.5. The molecular weight excluding hydrogens is 394 g/mol. The van der Waals surface area contributed by atoms with Gasteiger partial charge in [0.15, 0.2) is 11.5 Å². The van der Waals surface area contributed by atoms with Crippen LogP contribution in [0, 0.1) is 6.92 Å². The van der Waals surface area contributed by atoms with Gasteiger partial charge in [-0.15, -0.1) is 0 Å². The maximum atomic E-state index is 12.6. The molecule has 1 unspecified atom stereocenters. The Morgan fingerprint density at radius 2 is 1.93 bits per heavy atom. The third-order valence-corrected chi connectivity index (χ3v) is 5.24. The van der Waals surface area contributed by atoms with E-state index in [-0.39, 0.29) is 11.8 Å². The molecule has 3 aromatic rings. The maximum Gasteiger partial charge on any atom is 0.232 e. The van der Waals surface area contributed by atoms with Gasteiger partial charge in [-0.3, -0.25) is 4.79 Å². The Kier molecular flexibility index (Phi) is 5.15. The Morgan fingerprint density at radius 3 is 2.66 bits per heavy atom. The number of carbonyl (C=O) groups excluding carboxylic acids is 1. The van der Waals surface area contributed by atoms with Gasteiger partial charge < -0.3 is 18.9 Å². The third kappa shape index (κ3) is 3.65. The fourth-order valence-electron chi connectivity index (χ4n) is 3.52. The molecule has 0 bridgehead atoms. The molecule has 1 atom stereocenters. The average Bonchev–Trinajstić information content (AvgIpc) is 3.34. The molecule has 1 aliphatic rings. The quantitative estimate of drug-likeness (QED) is 0.622. The van der Waals surface area contributed by atoms with Crippen LogP contribution >= 0.6 is 11.6 Å². The number of rotatable bonds is 5. The molecule has 1 aliphatic heterocycles. The van der Waals surface area contributed by atoms with E-state index < -0.39 is 0 Å². The van der Waals surface area contributed by atoms with Crippen molar-refractivity contribution in [2.24, 2.45) is 0 Å². The van der Waals surface area contributed by atoms with E-state index in [0.29, 0.717) is 41.2 Å². The molecule has 150 valence electrons. The molecule has 1 saturated heterocycles. The summed E-state index contributed by atoms with van der Waals surface area (Å²) in [6.45, 7) is 2.42. The smallest absolute Gasteiger partial charge is 0.232 e. The maximum absolute atomic E-state index is 12.6. The summed E-state index contributed by atoms with van der Waals surface area (Å²) in [4.78, 5) is 18.9. The number of hydrogen-bond donors (Lipinski definition) is 0. The van der Waals surface area contributed by atoms with Crippen LogP contribution in [-0.2, 0) is 4.79 Å². The molecular formula is C21H20ClN3O4. The summed E-state index contributed by atoms with van der Waals surface area (Å²) in [7, 11) is 3.15. The fourth-order valence-corrected chi connectivity index (χ4v) is 3.75. The van der Waals surface area contributed by atoms with Crippen molar-refractivity contribution in [2.45, 2.75) is 19.3 Å². The van der Waals surface area contributed by atoms with Crippen molar-refractivity contribution in [2.75, 3.05) is 25.7 Å². The normalized spacial score (nSPS) is 16.3. The van der Waals surface area contributed by atoms with Crippen LogP contribution in [0.2, 0.25) is 5.02 Å². The Morgan fingerprint density at radius 1 is 1.14 bits per heavy atom. The van der Waals surface area contributed by atoms with Crippen LogP contribution in [0.15, 0.2) is 40.9 Å². The van der Waals surface area contributed by atoms with Gasteiger partial charge >= 0.3 is 0 Å². The Bertz CT molecular complexity index is 1070. The molecule has 29 heavy (non-hydrogen) atoms. The predicted octanol–water partition coefficient (Wildman–Crippen LogP) is 4.24. The number of aryl methyl sites for hydroxylation is 1. The van der Waals surface area contributed by atoms with E-state index in [0.717, 1.165) is 16.8 Å². The molecule has 2 aromatic carbocycles. The molecule has 0 saturated carbocycles. The first-order valence-electron chi connectivity index (χ1n) is 9.12. The van der Waals surface area contributed by atoms with E-state index in [1.807, 2.05) is 25.1 Å². The van der Waals surface area contributed by atoms with Crippen molar-refractivity contribution in [1.82, 2.24) is 10.1 Å². The number of halogens is 1. The minimum atomic E-state index is -0.168. The second-order valence-electron chi connectivity index (χ2n) is 6.86. The number of amides is 1. The highest BCUT2D eigenvalue weighted by Gasteiger charge is 2.35. The van der Waals surface area contributed by atoms with Crippen LogP contribution in [0.3, 0.4) is 0 Å². The zero-order valence-electron chi connectivity index (χ0n) is 16.3. The second kappa shape index (κ2) is 7.75. The summed E-state index contributed by atoms with van der Waals surface area (Å²) in [6.07, 6.45) is 0.315. The van der Waals surface area contributed by atoms with Gasteiger partial charge in [-0.1, -0.05) is 16.8 Å². The first-order chi connectivity index (χ1) is 14.0. The number of hydrogen-bond acceptors (Lipinski definition) is 6. The molecule has 0 radical (unpaired) electrons. The highest BCUT2D eigenvalue weighted by molar-refractivity contribution is 6.30. The summed E-state index contributed by atoms with van der Waals surface area (Å²) < 4.78 is 16.1. The summed E-state index contributed by atoms with van der Waals surface area (Å²) in [5.41, 5.74) is 2.54. The lowest BCUT2D eigenvalue weighted by molar-refractivity contribution is -0.117. The topological polar surface area (TPSA) is 77.7 Å². The monoisotopic (exact) mass is 413 g/mol. The Labute approximate surface area is 173 Å². The molecule has 8 heteroatoms. The highest BCUT2D eigenvalue weighted by atomic mass is 35.5. The number of methoxy groups -OCH3 is 2. The van der Waals surface area contributed by atoms with E-state index in [1.54, 1.807) is 37.3 Å². The van der Waals surface area contributed by atoms with Crippen LogP contribution in [0.25, 0.3) is 11.4 Å². The minimum absolute atomic E-state index is 0.0197. The summed E-state index contributed by atoms with van der Waals surface area (Å²) >= 11 is 6.03. The molecule has 0 aliphatic carbocycles. The van der Waals surface area contributed by atoms with Gasteiger partial charge in [0.25, 0.3) is 0 Å². The van der Waals surface area contributed by atoms with Crippen molar-refractivity contribution in [3.63, 3.8) is 0 Å². The van der Waals surface area contributed by atoms with E-state index in [4.69, 9.17) is 25.6 Å². The second-order valence-corrected chi connectivity index (χ2v) is 7.30. The number of aromatic nitrogens is 2. The number of benzene rings is 2. The van der Waals surface area contributed by atoms with E-state index in [9.17, 15) is 4.79 Å². The van der Waals surface area contributed by atoms with Crippen molar-refractivity contribution >= 4 is 23.2 Å². The Balaban J connectivity index is 1.57. The van der Waals surface area contributed by atoms with Crippen LogP contribution in [0.5, 0.6) is 11.5 Å². The van der Waals surface area contributed by atoms with Crippen molar-refractivity contribution in [3.05, 3.63) is 52.9 Å². The van der Waals surface area contributed by atoms with Crippen molar-refractivity contribution in [1.29, 1.82) is 0 Å². The van der Waals surface area contributed by atoms with E-state index in [1.165, 1.54) is 0 Å². The van der Waals surface area contributed by atoms with Crippen molar-refractivity contribution < 1.29 is 18.8 Å². The lowest BCUT2D eigenvalue weighted by Gasteiger charge is -2.18. The first-order valence-corrected chi connectivity index (χ1v) is 9.50. The standard InChI is InChI=1S/C21H20ClN3O4/c1-12-8-15(22)5-6-16(12)25-11-14(10-19(25)26)21-23-20(24-29-21)13-4-7-17(27-2)18(9-13)28-3/h4-9,14H,10-11H2,1-3H3. The minimum Gasteiger partial charge on any atom is -0.493 e. The van der Waals surface area contributed by atoms with Crippen LogP contribution in [0.1, 0.15) is 23.8 Å². The molecule has 0 N–H and O–H groups in total. The van der Waals surface area contributed by atoms with Crippen LogP contribution in [-0.4, -0.2) is 36.8 Å². The third-order valence-electron chi connectivity index (χ3n) is 5.01. The highest BCUT2D eigenvalue weighted by Crippen LogP contribution is 2.35. The number of anilines is 1. The average molecular weight is 414 g/mol. The summed E-state index contributed by atoms with van der Waals surface area (Å²) in [5, 5.41) is 4.73. The van der Waals surface area contributed by atoms with Gasteiger partial charge in [-0.05, 0) is 48.9 Å². The largest absolute Gasteiger partial charge is 0.493 e. The SMILES string of the molecule is COc1ccc(-c2noc(C3CC(=O)N(c4ccc(Cl)cc4C)C3)n2)cc1OC. The van der Waals surface area contributed by atoms with Crippen LogP contribution in [0.4, 0.5) is 5.69 Å². The van der Waals surface area contributed by atoms with E-state index in [2.05, 4.69) is 10.1 Å². The predicted molar refractivity (Wildman–Crippen MR) is 109 cm³/mol. The number of ether oxygens (including phenoxy) is 2. The first kappa shape index (κ1) is 19.3. The molecule has 2 heterocycles. The molecule has 1 amide bonds. The Hall–Kier alpha value is -3.06. The summed E-state index contributed by atoms with van der Waals surface area (Å²) in [5.74, 6) is 1.93. The summed E-state index contributed by atoms with van der Waals surface area (Å²) in [6, 6.07) is 10.9. The number of nitrogens with zero attached hydrogens (tertiary/aromatic N) is 3. The van der Waals surface area contributed by atoms with Gasteiger partial charge in [-0.25, -0.2) is 0 Å². The molecule has 0 spiro atoms. The zero-order valence-corrected chi connectivity index (χ0v) is 17.1. The molecule has 7 nitrogen and oxygen atoms in total. The lowest BCUT2D eigenvalue weighted by atomic mass is 10.1. The van der Waals surface area contributed by atoms with Gasteiger partial charge in [0.1, 0.15) is 0 Å². The molecule has 1 aromatic heterocycles. The molecule has 1 fully saturated rings. The van der Waals surface area contributed by atoms with Gasteiger partial charge in [0, 0.05) is 29.2 Å². The number of carbonyl (C=O) groups is 1. The van der Waals surface area contributed by atoms with Crippen LogP contribution < -0.4 is 14.4 Å². The van der Waals surface area contributed by atoms with Gasteiger partial charge in [0.05, 0.1) is 20.1 Å². The lowest BCUT2D eigenvalue weighted by Crippen LogP contribution is -2.25.